The van der Waals surface area contributed by atoms with Crippen molar-refractivity contribution in [1.29, 1.82) is 0 Å². The van der Waals surface area contributed by atoms with Gasteiger partial charge in [-0.1, -0.05) is 29.8 Å². The standard InChI is InChI=1S/C13H12ClNO/c1-13(16,12-4-2-3-9-15-12)10-5-7-11(14)8-6-10/h2-9,16H,1H3. The molecule has 0 saturated carbocycles. The normalized spacial score (nSPS) is 14.4. The van der Waals surface area contributed by atoms with E-state index in [0.29, 0.717) is 10.7 Å². The van der Waals surface area contributed by atoms with Crippen LogP contribution in [0.3, 0.4) is 0 Å². The molecule has 0 bridgehead atoms. The van der Waals surface area contributed by atoms with E-state index in [4.69, 9.17) is 11.6 Å². The van der Waals surface area contributed by atoms with Gasteiger partial charge in [0.25, 0.3) is 0 Å². The maximum Gasteiger partial charge on any atom is 0.129 e. The van der Waals surface area contributed by atoms with Gasteiger partial charge in [0.05, 0.1) is 5.69 Å². The van der Waals surface area contributed by atoms with E-state index in [0.717, 1.165) is 5.56 Å². The van der Waals surface area contributed by atoms with Crippen LogP contribution in [0.15, 0.2) is 48.7 Å². The molecule has 0 aliphatic rings. The average molecular weight is 234 g/mol. The summed E-state index contributed by atoms with van der Waals surface area (Å²) in [6.45, 7) is 1.72. The molecule has 1 N–H and O–H groups in total. The highest BCUT2D eigenvalue weighted by atomic mass is 35.5. The molecule has 0 spiro atoms. The maximum atomic E-state index is 10.4. The van der Waals surface area contributed by atoms with Crippen LogP contribution >= 0.6 is 11.6 Å². The highest BCUT2D eigenvalue weighted by molar-refractivity contribution is 6.30. The van der Waals surface area contributed by atoms with Crippen LogP contribution in [-0.4, -0.2) is 10.1 Å². The minimum absolute atomic E-state index is 0.623. The maximum absolute atomic E-state index is 10.4. The Labute approximate surface area is 99.5 Å². The lowest BCUT2D eigenvalue weighted by Gasteiger charge is -2.23. The first-order valence-electron chi connectivity index (χ1n) is 5.00. The molecule has 1 aromatic carbocycles. The third kappa shape index (κ3) is 2.08. The van der Waals surface area contributed by atoms with E-state index in [1.807, 2.05) is 12.1 Å². The molecule has 16 heavy (non-hydrogen) atoms. The number of halogens is 1. The monoisotopic (exact) mass is 233 g/mol. The SMILES string of the molecule is CC(O)(c1ccc(Cl)cc1)c1ccccn1. The number of rotatable bonds is 2. The summed E-state index contributed by atoms with van der Waals surface area (Å²) < 4.78 is 0. The summed E-state index contributed by atoms with van der Waals surface area (Å²) in [5.74, 6) is 0. The van der Waals surface area contributed by atoms with Gasteiger partial charge in [-0.25, -0.2) is 0 Å². The van der Waals surface area contributed by atoms with Crippen molar-refractivity contribution in [3.05, 3.63) is 64.9 Å². The van der Waals surface area contributed by atoms with Crippen molar-refractivity contribution in [2.45, 2.75) is 12.5 Å². The Hall–Kier alpha value is -1.38. The fourth-order valence-corrected chi connectivity index (χ4v) is 1.70. The van der Waals surface area contributed by atoms with Crippen molar-refractivity contribution >= 4 is 11.6 Å². The van der Waals surface area contributed by atoms with Crippen LogP contribution in [-0.2, 0) is 5.60 Å². The van der Waals surface area contributed by atoms with E-state index < -0.39 is 5.60 Å². The van der Waals surface area contributed by atoms with Crippen molar-refractivity contribution < 1.29 is 5.11 Å². The minimum Gasteiger partial charge on any atom is -0.379 e. The summed E-state index contributed by atoms with van der Waals surface area (Å²) in [7, 11) is 0. The lowest BCUT2D eigenvalue weighted by atomic mass is 9.92. The molecule has 0 radical (unpaired) electrons. The van der Waals surface area contributed by atoms with Crippen molar-refractivity contribution in [2.24, 2.45) is 0 Å². The molecule has 1 unspecified atom stereocenters. The van der Waals surface area contributed by atoms with Gasteiger partial charge < -0.3 is 5.11 Å². The van der Waals surface area contributed by atoms with E-state index in [2.05, 4.69) is 4.98 Å². The topological polar surface area (TPSA) is 33.1 Å². The largest absolute Gasteiger partial charge is 0.379 e. The first-order valence-corrected chi connectivity index (χ1v) is 5.38. The molecule has 1 atom stereocenters. The lowest BCUT2D eigenvalue weighted by molar-refractivity contribution is 0.0974. The van der Waals surface area contributed by atoms with Crippen LogP contribution in [0.4, 0.5) is 0 Å². The fraction of sp³-hybridized carbons (Fsp3) is 0.154. The third-order valence-electron chi connectivity index (χ3n) is 2.57. The summed E-state index contributed by atoms with van der Waals surface area (Å²) in [4.78, 5) is 4.17. The van der Waals surface area contributed by atoms with Crippen molar-refractivity contribution in [2.75, 3.05) is 0 Å². The smallest absolute Gasteiger partial charge is 0.129 e. The van der Waals surface area contributed by atoms with Crippen LogP contribution in [0, 0.1) is 0 Å². The summed E-state index contributed by atoms with van der Waals surface area (Å²) in [6, 6.07) is 12.6. The van der Waals surface area contributed by atoms with Gasteiger partial charge in [-0.05, 0) is 36.8 Å². The van der Waals surface area contributed by atoms with Gasteiger partial charge in [0.1, 0.15) is 5.60 Å². The molecular weight excluding hydrogens is 222 g/mol. The highest BCUT2D eigenvalue weighted by Crippen LogP contribution is 2.28. The van der Waals surface area contributed by atoms with Gasteiger partial charge in [0.2, 0.25) is 0 Å². The van der Waals surface area contributed by atoms with Crippen LogP contribution in [0.2, 0.25) is 5.02 Å². The van der Waals surface area contributed by atoms with E-state index in [1.54, 1.807) is 43.5 Å². The molecule has 0 saturated heterocycles. The third-order valence-corrected chi connectivity index (χ3v) is 2.82. The lowest BCUT2D eigenvalue weighted by Crippen LogP contribution is -2.23. The Morgan fingerprint density at radius 2 is 1.81 bits per heavy atom. The first-order chi connectivity index (χ1) is 7.60. The van der Waals surface area contributed by atoms with Crippen LogP contribution < -0.4 is 0 Å². The molecular formula is C13H12ClNO. The molecule has 82 valence electrons. The second-order valence-electron chi connectivity index (χ2n) is 3.79. The number of pyridine rings is 1. The second-order valence-corrected chi connectivity index (χ2v) is 4.23. The minimum atomic E-state index is -1.09. The van der Waals surface area contributed by atoms with Gasteiger partial charge >= 0.3 is 0 Å². The second kappa shape index (κ2) is 4.24. The zero-order valence-electron chi connectivity index (χ0n) is 8.89. The average Bonchev–Trinajstić information content (AvgIpc) is 2.31. The van der Waals surface area contributed by atoms with Crippen LogP contribution in [0.25, 0.3) is 0 Å². The van der Waals surface area contributed by atoms with Gasteiger partial charge in [0.15, 0.2) is 0 Å². The Kier molecular flexibility index (Phi) is 2.95. The van der Waals surface area contributed by atoms with E-state index >= 15 is 0 Å². The van der Waals surface area contributed by atoms with E-state index in [1.165, 1.54) is 0 Å². The number of aromatic nitrogens is 1. The molecule has 1 heterocycles. The van der Waals surface area contributed by atoms with Crippen LogP contribution in [0.5, 0.6) is 0 Å². The molecule has 2 rings (SSSR count). The molecule has 0 amide bonds. The van der Waals surface area contributed by atoms with Crippen molar-refractivity contribution in [3.8, 4) is 0 Å². The Bertz CT molecular complexity index is 465. The fourth-order valence-electron chi connectivity index (χ4n) is 1.57. The molecule has 3 heteroatoms. The number of aliphatic hydroxyl groups is 1. The van der Waals surface area contributed by atoms with Gasteiger partial charge in [0, 0.05) is 11.2 Å². The quantitative estimate of drug-likeness (QED) is 0.865. The number of benzene rings is 1. The molecule has 1 aromatic heterocycles. The summed E-state index contributed by atoms with van der Waals surface area (Å²) >= 11 is 5.81. The Morgan fingerprint density at radius 3 is 2.38 bits per heavy atom. The first kappa shape index (κ1) is 11.1. The summed E-state index contributed by atoms with van der Waals surface area (Å²) in [6.07, 6.45) is 1.67. The number of hydrogen-bond donors (Lipinski definition) is 1. The zero-order chi connectivity index (χ0) is 11.6. The highest BCUT2D eigenvalue weighted by Gasteiger charge is 2.26. The molecule has 0 fully saturated rings. The summed E-state index contributed by atoms with van der Waals surface area (Å²) in [5, 5.41) is 11.1. The molecule has 2 nitrogen and oxygen atoms in total. The molecule has 2 aromatic rings. The van der Waals surface area contributed by atoms with Crippen molar-refractivity contribution in [1.82, 2.24) is 4.98 Å². The van der Waals surface area contributed by atoms with E-state index in [9.17, 15) is 5.11 Å². The summed E-state index contributed by atoms with van der Waals surface area (Å²) in [5.41, 5.74) is 0.305. The molecule has 0 aliphatic heterocycles. The van der Waals surface area contributed by atoms with Gasteiger partial charge in [-0.3, -0.25) is 4.98 Å². The predicted molar refractivity (Wildman–Crippen MR) is 64.4 cm³/mol. The zero-order valence-corrected chi connectivity index (χ0v) is 9.65. The van der Waals surface area contributed by atoms with Gasteiger partial charge in [-0.15, -0.1) is 0 Å². The predicted octanol–water partition coefficient (Wildman–Crippen LogP) is 2.99. The van der Waals surface area contributed by atoms with Crippen LogP contribution in [0.1, 0.15) is 18.2 Å². The van der Waals surface area contributed by atoms with Crippen molar-refractivity contribution in [3.63, 3.8) is 0 Å². The van der Waals surface area contributed by atoms with E-state index in [-0.39, 0.29) is 0 Å². The molecule has 0 aliphatic carbocycles. The van der Waals surface area contributed by atoms with Gasteiger partial charge in [-0.2, -0.15) is 0 Å². The number of nitrogens with zero attached hydrogens (tertiary/aromatic N) is 1. The Balaban J connectivity index is 2.43. The number of hydrogen-bond acceptors (Lipinski definition) is 2. The Morgan fingerprint density at radius 1 is 1.12 bits per heavy atom.